The summed E-state index contributed by atoms with van der Waals surface area (Å²) in [6.07, 6.45) is 4.23. The monoisotopic (exact) mass is 153 g/mol. The summed E-state index contributed by atoms with van der Waals surface area (Å²) in [6.45, 7) is 7.43. The molecule has 0 aromatic carbocycles. The summed E-state index contributed by atoms with van der Waals surface area (Å²) in [5, 5.41) is 0. The van der Waals surface area contributed by atoms with Gasteiger partial charge in [0, 0.05) is 6.54 Å². The fourth-order valence-electron chi connectivity index (χ4n) is 0.991. The number of nitrogens with zero attached hydrogens (tertiary/aromatic N) is 1. The van der Waals surface area contributed by atoms with Crippen LogP contribution in [0.25, 0.3) is 0 Å². The first-order valence-electron chi connectivity index (χ1n) is 4.01. The van der Waals surface area contributed by atoms with Gasteiger partial charge >= 0.3 is 0 Å². The molecule has 0 amide bonds. The van der Waals surface area contributed by atoms with E-state index in [1.165, 1.54) is 11.1 Å². The van der Waals surface area contributed by atoms with Crippen LogP contribution in [0.3, 0.4) is 0 Å². The first-order chi connectivity index (χ1) is 5.07. The van der Waals surface area contributed by atoms with E-state index in [-0.39, 0.29) is 0 Å². The van der Waals surface area contributed by atoms with Crippen molar-refractivity contribution in [1.29, 1.82) is 0 Å². The van der Waals surface area contributed by atoms with E-state index in [4.69, 9.17) is 0 Å². The summed E-state index contributed by atoms with van der Waals surface area (Å²) in [5.74, 6) is 0. The van der Waals surface area contributed by atoms with Crippen molar-refractivity contribution >= 4 is 0 Å². The third-order valence-corrected chi connectivity index (χ3v) is 1.64. The van der Waals surface area contributed by atoms with Crippen LogP contribution in [-0.4, -0.2) is 25.5 Å². The molecule has 11 heavy (non-hydrogen) atoms. The van der Waals surface area contributed by atoms with Gasteiger partial charge in [0.1, 0.15) is 0 Å². The molecule has 0 rings (SSSR count). The van der Waals surface area contributed by atoms with E-state index in [0.29, 0.717) is 0 Å². The zero-order chi connectivity index (χ0) is 8.85. The van der Waals surface area contributed by atoms with E-state index >= 15 is 0 Å². The van der Waals surface area contributed by atoms with Gasteiger partial charge in [0.15, 0.2) is 0 Å². The zero-order valence-corrected chi connectivity index (χ0v) is 8.31. The van der Waals surface area contributed by atoms with E-state index in [1.807, 2.05) is 6.92 Å². The molecule has 0 aliphatic heterocycles. The molecule has 0 spiro atoms. The maximum Gasteiger partial charge on any atom is 0.0189 e. The van der Waals surface area contributed by atoms with Crippen molar-refractivity contribution < 1.29 is 0 Å². The van der Waals surface area contributed by atoms with Crippen LogP contribution in [0.15, 0.2) is 23.3 Å². The predicted molar refractivity (Wildman–Crippen MR) is 51.7 cm³/mol. The van der Waals surface area contributed by atoms with Crippen LogP contribution in [0.4, 0.5) is 0 Å². The Morgan fingerprint density at radius 2 is 1.82 bits per heavy atom. The van der Waals surface area contributed by atoms with Crippen LogP contribution in [0.1, 0.15) is 20.8 Å². The summed E-state index contributed by atoms with van der Waals surface area (Å²) in [7, 11) is 4.18. The third-order valence-electron chi connectivity index (χ3n) is 1.64. The predicted octanol–water partition coefficient (Wildman–Crippen LogP) is 2.46. The molecule has 0 aliphatic rings. The second kappa shape index (κ2) is 5.14. The Morgan fingerprint density at radius 1 is 1.27 bits per heavy atom. The van der Waals surface area contributed by atoms with Crippen molar-refractivity contribution in [3.05, 3.63) is 23.3 Å². The Bertz CT molecular complexity index is 164. The molecular weight excluding hydrogens is 134 g/mol. The van der Waals surface area contributed by atoms with Gasteiger partial charge in [-0.15, -0.1) is 0 Å². The number of hydrogen-bond acceptors (Lipinski definition) is 1. The molecule has 0 aromatic heterocycles. The molecule has 0 radical (unpaired) electrons. The van der Waals surface area contributed by atoms with Crippen LogP contribution >= 0.6 is 0 Å². The Hall–Kier alpha value is -0.560. The average molecular weight is 153 g/mol. The van der Waals surface area contributed by atoms with Crippen molar-refractivity contribution in [1.82, 2.24) is 4.90 Å². The molecule has 0 fully saturated rings. The molecule has 0 heterocycles. The van der Waals surface area contributed by atoms with E-state index in [0.717, 1.165) is 6.54 Å². The van der Waals surface area contributed by atoms with Gasteiger partial charge in [-0.25, -0.2) is 0 Å². The molecule has 0 saturated heterocycles. The van der Waals surface area contributed by atoms with E-state index in [2.05, 4.69) is 45.0 Å². The summed E-state index contributed by atoms with van der Waals surface area (Å²) < 4.78 is 0. The largest absolute Gasteiger partial charge is 0.305 e. The van der Waals surface area contributed by atoms with Gasteiger partial charge in [0.2, 0.25) is 0 Å². The van der Waals surface area contributed by atoms with Crippen LogP contribution in [0, 0.1) is 0 Å². The average Bonchev–Trinajstić information content (AvgIpc) is 1.86. The van der Waals surface area contributed by atoms with E-state index < -0.39 is 0 Å². The lowest BCUT2D eigenvalue weighted by molar-refractivity contribution is 0.444. The quantitative estimate of drug-likeness (QED) is 0.563. The molecular formula is C10H19N. The van der Waals surface area contributed by atoms with Gasteiger partial charge < -0.3 is 4.90 Å². The smallest absolute Gasteiger partial charge is 0.0189 e. The molecule has 0 saturated carbocycles. The zero-order valence-electron chi connectivity index (χ0n) is 8.31. The van der Waals surface area contributed by atoms with Gasteiger partial charge in [0.05, 0.1) is 0 Å². The second-order valence-electron chi connectivity index (χ2n) is 3.20. The highest BCUT2D eigenvalue weighted by atomic mass is 15.0. The third kappa shape index (κ3) is 4.79. The Kier molecular flexibility index (Phi) is 4.88. The van der Waals surface area contributed by atoms with Gasteiger partial charge in [-0.05, 0) is 34.9 Å². The maximum atomic E-state index is 2.18. The molecule has 0 atom stereocenters. The highest BCUT2D eigenvalue weighted by Crippen LogP contribution is 2.05. The minimum Gasteiger partial charge on any atom is -0.305 e. The van der Waals surface area contributed by atoms with Gasteiger partial charge in [-0.3, -0.25) is 0 Å². The van der Waals surface area contributed by atoms with Crippen LogP contribution in [0.2, 0.25) is 0 Å². The second-order valence-corrected chi connectivity index (χ2v) is 3.20. The van der Waals surface area contributed by atoms with Gasteiger partial charge in [0.25, 0.3) is 0 Å². The molecule has 64 valence electrons. The van der Waals surface area contributed by atoms with Crippen LogP contribution in [-0.2, 0) is 0 Å². The lowest BCUT2D eigenvalue weighted by atomic mass is 10.1. The normalized spacial score (nSPS) is 14.4. The Morgan fingerprint density at radius 3 is 2.18 bits per heavy atom. The van der Waals surface area contributed by atoms with Crippen molar-refractivity contribution in [3.63, 3.8) is 0 Å². The Balaban J connectivity index is 4.16. The maximum absolute atomic E-state index is 2.18. The van der Waals surface area contributed by atoms with Crippen molar-refractivity contribution in [2.24, 2.45) is 0 Å². The van der Waals surface area contributed by atoms with Crippen molar-refractivity contribution in [2.75, 3.05) is 20.6 Å². The van der Waals surface area contributed by atoms with E-state index in [9.17, 15) is 0 Å². The van der Waals surface area contributed by atoms with Crippen molar-refractivity contribution in [3.8, 4) is 0 Å². The summed E-state index contributed by atoms with van der Waals surface area (Å²) in [4.78, 5) is 2.18. The first-order valence-corrected chi connectivity index (χ1v) is 4.01. The summed E-state index contributed by atoms with van der Waals surface area (Å²) in [6, 6.07) is 0. The number of rotatable bonds is 3. The van der Waals surface area contributed by atoms with Gasteiger partial charge in [-0.1, -0.05) is 23.3 Å². The van der Waals surface area contributed by atoms with Crippen LogP contribution < -0.4 is 0 Å². The lowest BCUT2D eigenvalue weighted by Crippen LogP contribution is -2.14. The molecule has 1 heteroatoms. The topological polar surface area (TPSA) is 3.24 Å². The minimum absolute atomic E-state index is 1.05. The Labute approximate surface area is 70.4 Å². The molecule has 0 bridgehead atoms. The standard InChI is InChI=1S/C10H19N/c1-6-7-9(2)10(3)8-11(4)5/h6-7H,8H2,1-5H3/b7-6?,10-9+. The SMILES string of the molecule is CC=C/C(C)=C(\C)CN(C)C. The molecule has 0 aromatic rings. The highest BCUT2D eigenvalue weighted by molar-refractivity contribution is 5.22. The summed E-state index contributed by atoms with van der Waals surface area (Å²) in [5.41, 5.74) is 2.81. The molecule has 0 aliphatic carbocycles. The number of allylic oxidation sites excluding steroid dienone is 3. The number of likely N-dealkylation sites (N-methyl/N-ethyl adjacent to an activating group) is 1. The number of hydrogen-bond donors (Lipinski definition) is 0. The van der Waals surface area contributed by atoms with E-state index in [1.54, 1.807) is 0 Å². The first kappa shape index (κ1) is 10.4. The summed E-state index contributed by atoms with van der Waals surface area (Å²) >= 11 is 0. The lowest BCUT2D eigenvalue weighted by Gasteiger charge is -2.11. The van der Waals surface area contributed by atoms with Crippen LogP contribution in [0.5, 0.6) is 0 Å². The van der Waals surface area contributed by atoms with Crippen molar-refractivity contribution in [2.45, 2.75) is 20.8 Å². The highest BCUT2D eigenvalue weighted by Gasteiger charge is 1.94. The van der Waals surface area contributed by atoms with Gasteiger partial charge in [-0.2, -0.15) is 0 Å². The molecule has 1 nitrogen and oxygen atoms in total. The minimum atomic E-state index is 1.05. The fraction of sp³-hybridized carbons (Fsp3) is 0.600. The molecule has 0 unspecified atom stereocenters. The molecule has 0 N–H and O–H groups in total. The fourth-order valence-corrected chi connectivity index (χ4v) is 0.991.